The van der Waals surface area contributed by atoms with Gasteiger partial charge in [-0.15, -0.1) is 0 Å². The second kappa shape index (κ2) is 8.81. The Bertz CT molecular complexity index is 600. The summed E-state index contributed by atoms with van der Waals surface area (Å²) in [6, 6.07) is 9.81. The highest BCUT2D eigenvalue weighted by molar-refractivity contribution is 5.85. The first-order valence-corrected chi connectivity index (χ1v) is 8.66. The van der Waals surface area contributed by atoms with Gasteiger partial charge in [-0.25, -0.2) is 4.79 Å². The molecule has 0 radical (unpaired) electrons. The zero-order valence-electron chi connectivity index (χ0n) is 14.8. The van der Waals surface area contributed by atoms with Crippen molar-refractivity contribution in [2.24, 2.45) is 11.3 Å². The number of carbonyl (C=O) groups excluding carboxylic acids is 1. The van der Waals surface area contributed by atoms with Crippen molar-refractivity contribution >= 4 is 11.9 Å². The molecule has 1 saturated carbocycles. The Morgan fingerprint density at radius 3 is 2.56 bits per heavy atom. The average molecular weight is 346 g/mol. The van der Waals surface area contributed by atoms with E-state index in [1.807, 2.05) is 30.3 Å². The topological polar surface area (TPSA) is 72.8 Å². The molecule has 1 fully saturated rings. The molecule has 2 rings (SSSR count). The van der Waals surface area contributed by atoms with Gasteiger partial charge < -0.3 is 14.6 Å². The Hall–Kier alpha value is -2.14. The van der Waals surface area contributed by atoms with Crippen molar-refractivity contribution in [2.75, 3.05) is 6.61 Å². The molecule has 0 heterocycles. The number of hydrogen-bond acceptors (Lipinski definition) is 4. The van der Waals surface area contributed by atoms with E-state index >= 15 is 0 Å². The molecule has 0 saturated heterocycles. The Morgan fingerprint density at radius 2 is 1.96 bits per heavy atom. The second-order valence-corrected chi connectivity index (χ2v) is 6.97. The second-order valence-electron chi connectivity index (χ2n) is 6.97. The maximum absolute atomic E-state index is 12.4. The predicted octanol–water partition coefficient (Wildman–Crippen LogP) is 3.58. The van der Waals surface area contributed by atoms with Crippen LogP contribution in [0.25, 0.3) is 0 Å². The van der Waals surface area contributed by atoms with Crippen molar-refractivity contribution in [3.63, 3.8) is 0 Å². The first-order chi connectivity index (χ1) is 11.9. The van der Waals surface area contributed by atoms with Gasteiger partial charge in [-0.3, -0.25) is 4.79 Å². The van der Waals surface area contributed by atoms with Crippen LogP contribution in [-0.2, 0) is 25.7 Å². The fourth-order valence-electron chi connectivity index (χ4n) is 2.79. The lowest BCUT2D eigenvalue weighted by Gasteiger charge is -2.43. The normalized spacial score (nSPS) is 22.8. The molecule has 1 aromatic carbocycles. The van der Waals surface area contributed by atoms with Crippen LogP contribution in [0.3, 0.4) is 0 Å². The number of benzene rings is 1. The lowest BCUT2D eigenvalue weighted by molar-refractivity contribution is -0.168. The van der Waals surface area contributed by atoms with Gasteiger partial charge in [-0.1, -0.05) is 50.3 Å². The van der Waals surface area contributed by atoms with Gasteiger partial charge in [-0.05, 0) is 30.7 Å². The van der Waals surface area contributed by atoms with Crippen LogP contribution in [0.2, 0.25) is 0 Å². The molecule has 136 valence electrons. The maximum atomic E-state index is 12.4. The molecule has 0 atom stereocenters. The summed E-state index contributed by atoms with van der Waals surface area (Å²) in [4.78, 5) is 23.3. The highest BCUT2D eigenvalue weighted by Crippen LogP contribution is 2.45. The molecule has 0 bridgehead atoms. The van der Waals surface area contributed by atoms with Crippen LogP contribution in [0, 0.1) is 11.3 Å². The lowest BCUT2D eigenvalue weighted by Crippen LogP contribution is -2.47. The number of ether oxygens (including phenoxy) is 2. The van der Waals surface area contributed by atoms with E-state index in [0.717, 1.165) is 18.1 Å². The fraction of sp³-hybridized carbons (Fsp3) is 0.500. The molecule has 1 aliphatic rings. The number of carboxylic acids is 1. The average Bonchev–Trinajstić information content (AvgIpc) is 2.53. The molecule has 0 aliphatic heterocycles. The van der Waals surface area contributed by atoms with Gasteiger partial charge in [0.15, 0.2) is 0 Å². The molecule has 0 unspecified atom stereocenters. The highest BCUT2D eigenvalue weighted by atomic mass is 16.5. The minimum absolute atomic E-state index is 0.0729. The Labute approximate surface area is 148 Å². The zero-order chi connectivity index (χ0) is 18.3. The molecule has 1 aromatic rings. The minimum atomic E-state index is -1.07. The fourth-order valence-corrected chi connectivity index (χ4v) is 2.79. The van der Waals surface area contributed by atoms with Crippen LogP contribution in [0.5, 0.6) is 0 Å². The van der Waals surface area contributed by atoms with Crippen molar-refractivity contribution in [2.45, 2.75) is 45.8 Å². The van der Waals surface area contributed by atoms with Gasteiger partial charge in [0, 0.05) is 6.08 Å². The zero-order valence-corrected chi connectivity index (χ0v) is 14.8. The molecule has 0 aromatic heterocycles. The van der Waals surface area contributed by atoms with Crippen molar-refractivity contribution in [1.82, 2.24) is 0 Å². The predicted molar refractivity (Wildman–Crippen MR) is 93.9 cm³/mol. The summed E-state index contributed by atoms with van der Waals surface area (Å²) in [7, 11) is 0. The number of carboxylic acid groups (broad SMARTS) is 1. The molecule has 25 heavy (non-hydrogen) atoms. The molecule has 0 spiro atoms. The summed E-state index contributed by atoms with van der Waals surface area (Å²) in [5, 5.41) is 8.87. The van der Waals surface area contributed by atoms with E-state index in [4.69, 9.17) is 14.6 Å². The third kappa shape index (κ3) is 5.71. The summed E-state index contributed by atoms with van der Waals surface area (Å²) in [6.45, 7) is 4.96. The third-order valence-electron chi connectivity index (χ3n) is 4.39. The standard InChI is InChI=1S/C20H26O5/c1-15(2)9-11-24-19(23)20(10-8-18(21)22)12-17(13-20)25-14-16-6-4-3-5-7-16/h3-8,10,15,17H,9,11-14H2,1-2H3,(H,21,22)/b10-8+. The van der Waals surface area contributed by atoms with Crippen LogP contribution in [0.15, 0.2) is 42.5 Å². The number of rotatable bonds is 9. The molecule has 5 heteroatoms. The number of carbonyl (C=O) groups is 2. The quantitative estimate of drug-likeness (QED) is 0.546. The van der Waals surface area contributed by atoms with Crippen LogP contribution in [0.4, 0.5) is 0 Å². The summed E-state index contributed by atoms with van der Waals surface area (Å²) in [5.41, 5.74) is 0.192. The summed E-state index contributed by atoms with van der Waals surface area (Å²) in [6.07, 6.45) is 4.09. The third-order valence-corrected chi connectivity index (χ3v) is 4.39. The van der Waals surface area contributed by atoms with Crippen molar-refractivity contribution < 1.29 is 24.2 Å². The van der Waals surface area contributed by atoms with Crippen LogP contribution >= 0.6 is 0 Å². The molecule has 0 amide bonds. The molecular formula is C20H26O5. The smallest absolute Gasteiger partial charge is 0.328 e. The van der Waals surface area contributed by atoms with E-state index in [1.165, 1.54) is 6.08 Å². The van der Waals surface area contributed by atoms with E-state index in [0.29, 0.717) is 32.0 Å². The summed E-state index contributed by atoms with van der Waals surface area (Å²) < 4.78 is 11.2. The van der Waals surface area contributed by atoms with Crippen LogP contribution in [-0.4, -0.2) is 29.8 Å². The van der Waals surface area contributed by atoms with Gasteiger partial charge in [0.05, 0.1) is 24.7 Å². The largest absolute Gasteiger partial charge is 0.478 e. The van der Waals surface area contributed by atoms with Gasteiger partial charge in [-0.2, -0.15) is 0 Å². The van der Waals surface area contributed by atoms with E-state index in [1.54, 1.807) is 0 Å². The van der Waals surface area contributed by atoms with E-state index in [2.05, 4.69) is 13.8 Å². The van der Waals surface area contributed by atoms with Crippen LogP contribution < -0.4 is 0 Å². The highest BCUT2D eigenvalue weighted by Gasteiger charge is 2.50. The summed E-state index contributed by atoms with van der Waals surface area (Å²) >= 11 is 0. The molecular weight excluding hydrogens is 320 g/mol. The Kier molecular flexibility index (Phi) is 6.76. The molecule has 1 aliphatic carbocycles. The SMILES string of the molecule is CC(C)CCOC(=O)C1(/C=C/C(=O)O)CC(OCc2ccccc2)C1. The Balaban J connectivity index is 1.90. The first kappa shape index (κ1) is 19.2. The van der Waals surface area contributed by atoms with Gasteiger partial charge in [0.2, 0.25) is 0 Å². The van der Waals surface area contributed by atoms with Crippen molar-refractivity contribution in [3.8, 4) is 0 Å². The van der Waals surface area contributed by atoms with Crippen molar-refractivity contribution in [3.05, 3.63) is 48.0 Å². The minimum Gasteiger partial charge on any atom is -0.478 e. The lowest BCUT2D eigenvalue weighted by atomic mass is 9.66. The van der Waals surface area contributed by atoms with Gasteiger partial charge in [0.1, 0.15) is 0 Å². The number of aliphatic carboxylic acids is 1. The van der Waals surface area contributed by atoms with E-state index in [9.17, 15) is 9.59 Å². The van der Waals surface area contributed by atoms with Crippen LogP contribution in [0.1, 0.15) is 38.7 Å². The number of hydrogen-bond donors (Lipinski definition) is 1. The Morgan fingerprint density at radius 1 is 1.28 bits per heavy atom. The monoisotopic (exact) mass is 346 g/mol. The molecule has 5 nitrogen and oxygen atoms in total. The first-order valence-electron chi connectivity index (χ1n) is 8.66. The van der Waals surface area contributed by atoms with Gasteiger partial charge in [0.25, 0.3) is 0 Å². The van der Waals surface area contributed by atoms with E-state index in [-0.39, 0.29) is 12.1 Å². The van der Waals surface area contributed by atoms with Crippen molar-refractivity contribution in [1.29, 1.82) is 0 Å². The summed E-state index contributed by atoms with van der Waals surface area (Å²) in [5.74, 6) is -0.977. The number of esters is 1. The van der Waals surface area contributed by atoms with E-state index < -0.39 is 11.4 Å². The van der Waals surface area contributed by atoms with Gasteiger partial charge >= 0.3 is 11.9 Å². The maximum Gasteiger partial charge on any atom is 0.328 e. The molecule has 1 N–H and O–H groups in total.